The molecule has 1 aliphatic carbocycles. The van der Waals surface area contributed by atoms with E-state index in [1.54, 1.807) is 12.1 Å². The second kappa shape index (κ2) is 8.56. The van der Waals surface area contributed by atoms with Crippen LogP contribution in [0.15, 0.2) is 45.9 Å². The van der Waals surface area contributed by atoms with E-state index in [0.717, 1.165) is 12.8 Å². The lowest BCUT2D eigenvalue weighted by Crippen LogP contribution is -2.26. The molecule has 3 rings (SSSR count). The fourth-order valence-electron chi connectivity index (χ4n) is 2.19. The molecular weight excluding hydrogens is 474 g/mol. The van der Waals surface area contributed by atoms with E-state index in [0.29, 0.717) is 4.47 Å². The molecule has 0 spiro atoms. The average molecular weight is 489 g/mol. The van der Waals surface area contributed by atoms with Crippen LogP contribution in [0.5, 0.6) is 0 Å². The van der Waals surface area contributed by atoms with Crippen LogP contribution in [0.3, 0.4) is 0 Å². The van der Waals surface area contributed by atoms with Gasteiger partial charge in [-0.25, -0.2) is 22.9 Å². The van der Waals surface area contributed by atoms with Gasteiger partial charge in [0.25, 0.3) is 5.91 Å². The van der Waals surface area contributed by atoms with Crippen LogP contribution in [0.25, 0.3) is 0 Å². The first-order valence-corrected chi connectivity index (χ1v) is 10.8. The fourth-order valence-corrected chi connectivity index (χ4v) is 4.10. The highest BCUT2D eigenvalue weighted by Crippen LogP contribution is 2.25. The van der Waals surface area contributed by atoms with E-state index in [2.05, 4.69) is 31.0 Å². The number of carbonyl (C=O) groups excluding carboxylic acids is 2. The quantitative estimate of drug-likeness (QED) is 0.457. The molecule has 0 bridgehead atoms. The van der Waals surface area contributed by atoms with Crippen molar-refractivity contribution in [1.29, 1.82) is 0 Å². The average Bonchev–Trinajstić information content (AvgIpc) is 3.45. The number of sulfonamides is 1. The number of ether oxygens (including phenoxy) is 1. The van der Waals surface area contributed by atoms with Gasteiger partial charge in [0.1, 0.15) is 0 Å². The second-order valence-electron chi connectivity index (χ2n) is 6.00. The monoisotopic (exact) mass is 487 g/mol. The number of pyridine rings is 1. The molecule has 1 aromatic heterocycles. The first-order chi connectivity index (χ1) is 13.3. The third-order valence-corrected chi connectivity index (χ3v) is 6.25. The summed E-state index contributed by atoms with van der Waals surface area (Å²) in [5, 5.41) is 2.57. The van der Waals surface area contributed by atoms with E-state index in [1.165, 1.54) is 24.4 Å². The Morgan fingerprint density at radius 2 is 2.04 bits per heavy atom. The Morgan fingerprint density at radius 3 is 2.71 bits per heavy atom. The second-order valence-corrected chi connectivity index (χ2v) is 8.93. The molecule has 0 unspecified atom stereocenters. The number of nitrogens with zero attached hydrogens (tertiary/aromatic N) is 1. The summed E-state index contributed by atoms with van der Waals surface area (Å²) in [7, 11) is -3.73. The van der Waals surface area contributed by atoms with E-state index in [1.807, 2.05) is 0 Å². The first-order valence-electron chi connectivity index (χ1n) is 8.15. The van der Waals surface area contributed by atoms with Gasteiger partial charge in [0.05, 0.1) is 16.1 Å². The normalized spacial score (nSPS) is 13.8. The Hall–Kier alpha value is -2.01. The molecule has 1 fully saturated rings. The van der Waals surface area contributed by atoms with Crippen LogP contribution in [0, 0.1) is 0 Å². The number of nitrogens with one attached hydrogen (secondary N) is 2. The predicted molar refractivity (Wildman–Crippen MR) is 106 cm³/mol. The molecule has 0 aliphatic heterocycles. The largest absolute Gasteiger partial charge is 0.452 e. The van der Waals surface area contributed by atoms with Crippen LogP contribution < -0.4 is 10.0 Å². The van der Waals surface area contributed by atoms with Crippen molar-refractivity contribution in [2.45, 2.75) is 23.8 Å². The zero-order valence-corrected chi connectivity index (χ0v) is 17.5. The summed E-state index contributed by atoms with van der Waals surface area (Å²) in [6.07, 6.45) is 3.05. The summed E-state index contributed by atoms with van der Waals surface area (Å²) in [5.74, 6) is -1.46. The van der Waals surface area contributed by atoms with Crippen molar-refractivity contribution in [3.8, 4) is 0 Å². The van der Waals surface area contributed by atoms with E-state index in [-0.39, 0.29) is 27.3 Å². The molecule has 1 aromatic carbocycles. The molecule has 2 aromatic rings. The molecular formula is C17H15BrClN3O5S. The molecule has 0 atom stereocenters. The lowest BCUT2D eigenvalue weighted by atomic mass is 10.2. The van der Waals surface area contributed by atoms with Gasteiger partial charge in [0.15, 0.2) is 11.8 Å². The standard InChI is InChI=1S/C17H15BrClN3O5S/c18-13-6-5-11(28(25,26)22-10-3-4-10)8-12(13)17(24)27-9-15(23)21-14-2-1-7-20-16(14)19/h1-2,5-8,10,22H,3-4,9H2,(H,21,23). The number of esters is 1. The molecule has 11 heteroatoms. The maximum Gasteiger partial charge on any atom is 0.339 e. The maximum atomic E-state index is 12.3. The summed E-state index contributed by atoms with van der Waals surface area (Å²) in [6.45, 7) is -0.576. The highest BCUT2D eigenvalue weighted by molar-refractivity contribution is 9.10. The van der Waals surface area contributed by atoms with Crippen LogP contribution in [0.4, 0.5) is 5.69 Å². The maximum absolute atomic E-state index is 12.3. The first kappa shape index (κ1) is 20.7. The molecule has 0 saturated heterocycles. The Morgan fingerprint density at radius 1 is 1.29 bits per heavy atom. The SMILES string of the molecule is O=C(COC(=O)c1cc(S(=O)(=O)NC2CC2)ccc1Br)Nc1cccnc1Cl. The smallest absolute Gasteiger partial charge is 0.339 e. The predicted octanol–water partition coefficient (Wildman–Crippen LogP) is 2.73. The van der Waals surface area contributed by atoms with Crippen molar-refractivity contribution in [1.82, 2.24) is 9.71 Å². The third kappa shape index (κ3) is 5.28. The van der Waals surface area contributed by atoms with E-state index < -0.39 is 28.5 Å². The zero-order valence-electron chi connectivity index (χ0n) is 14.3. The summed E-state index contributed by atoms with van der Waals surface area (Å²) >= 11 is 9.03. The summed E-state index contributed by atoms with van der Waals surface area (Å²) in [5.41, 5.74) is 0.275. The summed E-state index contributed by atoms with van der Waals surface area (Å²) in [6, 6.07) is 7.09. The van der Waals surface area contributed by atoms with E-state index >= 15 is 0 Å². The number of benzene rings is 1. The molecule has 1 amide bonds. The number of hydrogen-bond acceptors (Lipinski definition) is 6. The third-order valence-electron chi connectivity index (χ3n) is 3.73. The number of aromatic nitrogens is 1. The van der Waals surface area contributed by atoms with Crippen LogP contribution in [-0.4, -0.2) is 37.9 Å². The Balaban J connectivity index is 1.66. The number of amides is 1. The molecule has 1 saturated carbocycles. The van der Waals surface area contributed by atoms with Crippen molar-refractivity contribution >= 4 is 55.1 Å². The van der Waals surface area contributed by atoms with Gasteiger partial charge in [-0.15, -0.1) is 0 Å². The lowest BCUT2D eigenvalue weighted by molar-refractivity contribution is -0.119. The number of carbonyl (C=O) groups is 2. The number of hydrogen-bond donors (Lipinski definition) is 2. The minimum absolute atomic E-state index is 0.00844. The van der Waals surface area contributed by atoms with Crippen LogP contribution in [-0.2, 0) is 19.6 Å². The molecule has 1 aliphatic rings. The molecule has 148 valence electrons. The molecule has 1 heterocycles. The van der Waals surface area contributed by atoms with Gasteiger partial charge in [0, 0.05) is 16.7 Å². The highest BCUT2D eigenvalue weighted by atomic mass is 79.9. The minimum atomic E-state index is -3.73. The summed E-state index contributed by atoms with van der Waals surface area (Å²) < 4.78 is 32.5. The molecule has 28 heavy (non-hydrogen) atoms. The van der Waals surface area contributed by atoms with Crippen molar-refractivity contribution in [3.63, 3.8) is 0 Å². The van der Waals surface area contributed by atoms with E-state index in [9.17, 15) is 18.0 Å². The van der Waals surface area contributed by atoms with Crippen LogP contribution in [0.1, 0.15) is 23.2 Å². The fraction of sp³-hybridized carbons (Fsp3) is 0.235. The van der Waals surface area contributed by atoms with Gasteiger partial charge in [-0.1, -0.05) is 11.6 Å². The van der Waals surface area contributed by atoms with Gasteiger partial charge in [0.2, 0.25) is 10.0 Å². The van der Waals surface area contributed by atoms with Gasteiger partial charge < -0.3 is 10.1 Å². The summed E-state index contributed by atoms with van der Waals surface area (Å²) in [4.78, 5) is 28.0. The number of rotatable bonds is 7. The Labute approximate surface area is 174 Å². The van der Waals surface area contributed by atoms with Crippen LogP contribution in [0.2, 0.25) is 5.15 Å². The topological polar surface area (TPSA) is 114 Å². The van der Waals surface area contributed by atoms with Crippen molar-refractivity contribution in [2.75, 3.05) is 11.9 Å². The lowest BCUT2D eigenvalue weighted by Gasteiger charge is -2.10. The van der Waals surface area contributed by atoms with Crippen molar-refractivity contribution < 1.29 is 22.7 Å². The minimum Gasteiger partial charge on any atom is -0.452 e. The van der Waals surface area contributed by atoms with Gasteiger partial charge in [-0.05, 0) is 59.1 Å². The number of anilines is 1. The highest BCUT2D eigenvalue weighted by Gasteiger charge is 2.29. The van der Waals surface area contributed by atoms with Gasteiger partial charge in [-0.3, -0.25) is 4.79 Å². The Bertz CT molecular complexity index is 1030. The van der Waals surface area contributed by atoms with Crippen LogP contribution >= 0.6 is 27.5 Å². The van der Waals surface area contributed by atoms with E-state index in [4.69, 9.17) is 16.3 Å². The zero-order chi connectivity index (χ0) is 20.3. The molecule has 2 N–H and O–H groups in total. The van der Waals surface area contributed by atoms with Gasteiger partial charge >= 0.3 is 5.97 Å². The molecule has 8 nitrogen and oxygen atoms in total. The van der Waals surface area contributed by atoms with Gasteiger partial charge in [-0.2, -0.15) is 0 Å². The van der Waals surface area contributed by atoms with Crippen molar-refractivity contribution in [2.24, 2.45) is 0 Å². The number of halogens is 2. The Kier molecular flexibility index (Phi) is 6.33. The van der Waals surface area contributed by atoms with Crippen molar-refractivity contribution in [3.05, 3.63) is 51.7 Å². The molecule has 0 radical (unpaired) electrons.